The standard InChI is InChI=1S/C17H24O4/c1-5-16(18)21-13-11-19-10-12-20-15-8-6-14(7-9-15)17(2,3)4/h5-9H,1,10-13H2,2-4H3. The van der Waals surface area contributed by atoms with E-state index < -0.39 is 5.97 Å². The molecule has 0 bridgehead atoms. The quantitative estimate of drug-likeness (QED) is 0.419. The lowest BCUT2D eigenvalue weighted by atomic mass is 9.87. The van der Waals surface area contributed by atoms with Crippen LogP contribution in [-0.4, -0.2) is 32.4 Å². The monoisotopic (exact) mass is 292 g/mol. The number of esters is 1. The third-order valence-corrected chi connectivity index (χ3v) is 2.86. The zero-order valence-electron chi connectivity index (χ0n) is 13.1. The lowest BCUT2D eigenvalue weighted by molar-refractivity contribution is -0.139. The molecule has 4 nitrogen and oxygen atoms in total. The molecule has 0 aromatic heterocycles. The van der Waals surface area contributed by atoms with Crippen molar-refractivity contribution in [2.24, 2.45) is 0 Å². The van der Waals surface area contributed by atoms with Crippen LogP contribution >= 0.6 is 0 Å². The maximum absolute atomic E-state index is 10.8. The second kappa shape index (κ2) is 8.47. The molecule has 0 unspecified atom stereocenters. The fraction of sp³-hybridized carbons (Fsp3) is 0.471. The van der Waals surface area contributed by atoms with Crippen LogP contribution in [0, 0.1) is 0 Å². The molecule has 1 aromatic carbocycles. The molecule has 0 atom stereocenters. The fourth-order valence-corrected chi connectivity index (χ4v) is 1.63. The summed E-state index contributed by atoms with van der Waals surface area (Å²) in [5, 5.41) is 0. The molecule has 0 radical (unpaired) electrons. The van der Waals surface area contributed by atoms with E-state index in [0.29, 0.717) is 19.8 Å². The van der Waals surface area contributed by atoms with Crippen LogP contribution in [0.2, 0.25) is 0 Å². The predicted octanol–water partition coefficient (Wildman–Crippen LogP) is 3.11. The lowest BCUT2D eigenvalue weighted by Crippen LogP contribution is -2.13. The number of carbonyl (C=O) groups is 1. The molecule has 0 saturated heterocycles. The first-order valence-electron chi connectivity index (χ1n) is 7.04. The van der Waals surface area contributed by atoms with Crippen LogP contribution < -0.4 is 4.74 Å². The Kier molecular flexibility index (Phi) is 6.96. The summed E-state index contributed by atoms with van der Waals surface area (Å²) in [6.07, 6.45) is 1.13. The smallest absolute Gasteiger partial charge is 0.330 e. The van der Waals surface area contributed by atoms with Crippen molar-refractivity contribution in [1.82, 2.24) is 0 Å². The van der Waals surface area contributed by atoms with Crippen molar-refractivity contribution in [3.8, 4) is 5.75 Å². The zero-order valence-corrected chi connectivity index (χ0v) is 13.1. The first-order valence-corrected chi connectivity index (χ1v) is 7.04. The highest BCUT2D eigenvalue weighted by atomic mass is 16.6. The molecular weight excluding hydrogens is 268 g/mol. The second-order valence-corrected chi connectivity index (χ2v) is 5.61. The maximum Gasteiger partial charge on any atom is 0.330 e. The van der Waals surface area contributed by atoms with E-state index >= 15 is 0 Å². The SMILES string of the molecule is C=CC(=O)OCCOCCOc1ccc(C(C)(C)C)cc1. The van der Waals surface area contributed by atoms with Crippen molar-refractivity contribution in [2.45, 2.75) is 26.2 Å². The number of ether oxygens (including phenoxy) is 3. The highest BCUT2D eigenvalue weighted by molar-refractivity contribution is 5.81. The molecule has 4 heteroatoms. The summed E-state index contributed by atoms with van der Waals surface area (Å²) >= 11 is 0. The first-order chi connectivity index (χ1) is 9.93. The molecule has 0 N–H and O–H groups in total. The molecule has 0 saturated carbocycles. The van der Waals surface area contributed by atoms with Crippen LogP contribution in [0.5, 0.6) is 5.75 Å². The molecule has 1 aromatic rings. The second-order valence-electron chi connectivity index (χ2n) is 5.61. The fourth-order valence-electron chi connectivity index (χ4n) is 1.63. The highest BCUT2D eigenvalue weighted by Crippen LogP contribution is 2.24. The molecular formula is C17H24O4. The molecule has 0 amide bonds. The Morgan fingerprint density at radius 3 is 2.29 bits per heavy atom. The van der Waals surface area contributed by atoms with E-state index in [1.807, 2.05) is 12.1 Å². The lowest BCUT2D eigenvalue weighted by Gasteiger charge is -2.19. The minimum atomic E-state index is -0.436. The van der Waals surface area contributed by atoms with Crippen LogP contribution in [0.15, 0.2) is 36.9 Å². The summed E-state index contributed by atoms with van der Waals surface area (Å²) in [7, 11) is 0. The largest absolute Gasteiger partial charge is 0.491 e. The maximum atomic E-state index is 10.8. The summed E-state index contributed by atoms with van der Waals surface area (Å²) in [6, 6.07) is 8.08. The number of rotatable bonds is 8. The van der Waals surface area contributed by atoms with E-state index in [0.717, 1.165) is 11.8 Å². The molecule has 0 aliphatic carbocycles. The van der Waals surface area contributed by atoms with Gasteiger partial charge in [0.1, 0.15) is 19.0 Å². The Morgan fingerprint density at radius 2 is 1.71 bits per heavy atom. The van der Waals surface area contributed by atoms with Crippen LogP contribution in [0.1, 0.15) is 26.3 Å². The average molecular weight is 292 g/mol. The van der Waals surface area contributed by atoms with Gasteiger partial charge in [0.05, 0.1) is 13.2 Å². The van der Waals surface area contributed by atoms with Gasteiger partial charge in [-0.3, -0.25) is 0 Å². The van der Waals surface area contributed by atoms with E-state index in [9.17, 15) is 4.79 Å². The topological polar surface area (TPSA) is 44.8 Å². The van der Waals surface area contributed by atoms with Crippen molar-refractivity contribution in [2.75, 3.05) is 26.4 Å². The normalized spacial score (nSPS) is 11.0. The minimum absolute atomic E-state index is 0.143. The zero-order chi connectivity index (χ0) is 15.7. The van der Waals surface area contributed by atoms with Crippen molar-refractivity contribution >= 4 is 5.97 Å². The number of carbonyl (C=O) groups excluding carboxylic acids is 1. The van der Waals surface area contributed by atoms with E-state index in [1.54, 1.807) is 0 Å². The van der Waals surface area contributed by atoms with Gasteiger partial charge < -0.3 is 14.2 Å². The summed E-state index contributed by atoms with van der Waals surface area (Å²) in [6.45, 7) is 11.3. The number of benzene rings is 1. The van der Waals surface area contributed by atoms with Gasteiger partial charge in [-0.15, -0.1) is 0 Å². The Labute approximate surface area is 126 Å². The van der Waals surface area contributed by atoms with Crippen LogP contribution in [0.3, 0.4) is 0 Å². The van der Waals surface area contributed by atoms with Gasteiger partial charge in [0, 0.05) is 6.08 Å². The summed E-state index contributed by atoms with van der Waals surface area (Å²) in [5.41, 5.74) is 1.42. The van der Waals surface area contributed by atoms with Gasteiger partial charge >= 0.3 is 5.97 Å². The van der Waals surface area contributed by atoms with Crippen LogP contribution in [0.4, 0.5) is 0 Å². The molecule has 0 aliphatic heterocycles. The van der Waals surface area contributed by atoms with Gasteiger partial charge in [-0.25, -0.2) is 4.79 Å². The number of hydrogen-bond donors (Lipinski definition) is 0. The molecule has 0 aliphatic rings. The van der Waals surface area contributed by atoms with E-state index in [-0.39, 0.29) is 12.0 Å². The Morgan fingerprint density at radius 1 is 1.10 bits per heavy atom. The first kappa shape index (κ1) is 17.2. The third kappa shape index (κ3) is 6.95. The van der Waals surface area contributed by atoms with Crippen molar-refractivity contribution in [3.63, 3.8) is 0 Å². The van der Waals surface area contributed by atoms with Gasteiger partial charge in [0.2, 0.25) is 0 Å². The Hall–Kier alpha value is -1.81. The summed E-state index contributed by atoms with van der Waals surface area (Å²) in [4.78, 5) is 10.8. The van der Waals surface area contributed by atoms with Crippen molar-refractivity contribution in [3.05, 3.63) is 42.5 Å². The molecule has 0 spiro atoms. The van der Waals surface area contributed by atoms with Gasteiger partial charge in [-0.05, 0) is 23.1 Å². The highest BCUT2D eigenvalue weighted by Gasteiger charge is 2.12. The molecule has 116 valence electrons. The van der Waals surface area contributed by atoms with Crippen molar-refractivity contribution < 1.29 is 19.0 Å². The minimum Gasteiger partial charge on any atom is -0.491 e. The molecule has 0 fully saturated rings. The van der Waals surface area contributed by atoms with E-state index in [4.69, 9.17) is 14.2 Å². The third-order valence-electron chi connectivity index (χ3n) is 2.86. The summed E-state index contributed by atoms with van der Waals surface area (Å²) < 4.78 is 15.6. The van der Waals surface area contributed by atoms with Crippen molar-refractivity contribution in [1.29, 1.82) is 0 Å². The van der Waals surface area contributed by atoms with Gasteiger partial charge in [0.15, 0.2) is 0 Å². The molecule has 1 rings (SSSR count). The predicted molar refractivity (Wildman–Crippen MR) is 82.6 cm³/mol. The van der Waals surface area contributed by atoms with Gasteiger partial charge in [-0.1, -0.05) is 39.5 Å². The average Bonchev–Trinajstić information content (AvgIpc) is 2.45. The van der Waals surface area contributed by atoms with Gasteiger partial charge in [-0.2, -0.15) is 0 Å². The number of hydrogen-bond acceptors (Lipinski definition) is 4. The van der Waals surface area contributed by atoms with Crippen LogP contribution in [-0.2, 0) is 19.7 Å². The van der Waals surface area contributed by atoms with Gasteiger partial charge in [0.25, 0.3) is 0 Å². The molecule has 0 heterocycles. The van der Waals surface area contributed by atoms with Crippen LogP contribution in [0.25, 0.3) is 0 Å². The van der Waals surface area contributed by atoms with E-state index in [1.165, 1.54) is 5.56 Å². The van der Waals surface area contributed by atoms with E-state index in [2.05, 4.69) is 39.5 Å². The Bertz CT molecular complexity index is 443. The Balaban J connectivity index is 2.16. The molecule has 21 heavy (non-hydrogen) atoms. The summed E-state index contributed by atoms with van der Waals surface area (Å²) in [5.74, 6) is 0.387.